The number of hydrogen-bond donors (Lipinski definition) is 1. The van der Waals surface area contributed by atoms with Crippen LogP contribution < -0.4 is 0 Å². The maximum Gasteiger partial charge on any atom is 0.435 e. The summed E-state index contributed by atoms with van der Waals surface area (Å²) < 4.78 is 43.2. The van der Waals surface area contributed by atoms with E-state index in [1.165, 1.54) is 7.11 Å². The summed E-state index contributed by atoms with van der Waals surface area (Å²) in [6.07, 6.45) is -4.79. The van der Waals surface area contributed by atoms with E-state index in [9.17, 15) is 18.0 Å². The third kappa shape index (κ3) is 3.40. The molecule has 0 radical (unpaired) electrons. The Morgan fingerprint density at radius 2 is 1.95 bits per heavy atom. The molecular weight excluding hydrogens is 307 g/mol. The van der Waals surface area contributed by atoms with E-state index in [-0.39, 0.29) is 5.01 Å². The molecule has 8 heteroatoms. The monoisotopic (exact) mass is 317 g/mol. The van der Waals surface area contributed by atoms with Crippen molar-refractivity contribution in [3.63, 3.8) is 0 Å². The first kappa shape index (κ1) is 15.5. The highest BCUT2D eigenvalue weighted by Gasteiger charge is 2.39. The minimum Gasteiger partial charge on any atom is -0.477 e. The lowest BCUT2D eigenvalue weighted by Crippen LogP contribution is -2.11. The molecule has 1 N–H and O–H groups in total. The quantitative estimate of drug-likeness (QED) is 0.934. The van der Waals surface area contributed by atoms with Crippen LogP contribution in [-0.4, -0.2) is 23.2 Å². The Balaban J connectivity index is 2.43. The average molecular weight is 317 g/mol. The fourth-order valence-corrected chi connectivity index (χ4v) is 2.62. The Morgan fingerprint density at radius 1 is 1.33 bits per heavy atom. The van der Waals surface area contributed by atoms with Gasteiger partial charge in [0.15, 0.2) is 5.69 Å². The summed E-state index contributed by atoms with van der Waals surface area (Å²) in [6, 6.07) is 6.54. The summed E-state index contributed by atoms with van der Waals surface area (Å²) >= 11 is 0.505. The zero-order valence-electron chi connectivity index (χ0n) is 10.8. The molecule has 0 aliphatic rings. The van der Waals surface area contributed by atoms with Crippen LogP contribution in [0.5, 0.6) is 0 Å². The van der Waals surface area contributed by atoms with Crippen molar-refractivity contribution >= 4 is 17.3 Å². The first-order chi connectivity index (χ1) is 9.82. The molecule has 4 nitrogen and oxygen atoms in total. The van der Waals surface area contributed by atoms with Crippen LogP contribution in [0, 0.1) is 0 Å². The van der Waals surface area contributed by atoms with Crippen molar-refractivity contribution in [2.45, 2.75) is 12.8 Å². The van der Waals surface area contributed by atoms with Crippen LogP contribution in [0.4, 0.5) is 13.2 Å². The molecule has 2 aromatic rings. The van der Waals surface area contributed by atoms with Gasteiger partial charge in [0.2, 0.25) is 0 Å². The molecule has 0 fully saturated rings. The first-order valence-corrected chi connectivity index (χ1v) is 6.54. The van der Waals surface area contributed by atoms with E-state index in [4.69, 9.17) is 9.84 Å². The summed E-state index contributed by atoms with van der Waals surface area (Å²) in [6.45, 7) is 0.381. The van der Waals surface area contributed by atoms with Gasteiger partial charge in [0.05, 0.1) is 6.61 Å². The summed E-state index contributed by atoms with van der Waals surface area (Å²) in [5, 5.41) is 8.87. The second-order valence-corrected chi connectivity index (χ2v) is 5.13. The zero-order valence-corrected chi connectivity index (χ0v) is 11.6. The number of halogens is 3. The van der Waals surface area contributed by atoms with Gasteiger partial charge in [-0.3, -0.25) is 0 Å². The molecule has 0 bridgehead atoms. The van der Waals surface area contributed by atoms with E-state index in [0.717, 1.165) is 5.56 Å². The maximum absolute atomic E-state index is 12.8. The molecule has 0 atom stereocenters. The van der Waals surface area contributed by atoms with Gasteiger partial charge in [0.1, 0.15) is 9.88 Å². The average Bonchev–Trinajstić information content (AvgIpc) is 2.85. The fraction of sp³-hybridized carbons (Fsp3) is 0.231. The number of thiazole rings is 1. The largest absolute Gasteiger partial charge is 0.477 e. The molecule has 0 aliphatic carbocycles. The molecular formula is C13H10F3NO3S. The summed E-state index contributed by atoms with van der Waals surface area (Å²) in [5.74, 6) is -1.64. The topological polar surface area (TPSA) is 59.4 Å². The minimum absolute atomic E-state index is 0.0173. The van der Waals surface area contributed by atoms with E-state index in [0.29, 0.717) is 23.5 Å². The van der Waals surface area contributed by atoms with Crippen LogP contribution in [0.1, 0.15) is 20.9 Å². The van der Waals surface area contributed by atoms with Gasteiger partial charge in [-0.2, -0.15) is 13.2 Å². The fourth-order valence-electron chi connectivity index (χ4n) is 1.69. The van der Waals surface area contributed by atoms with Gasteiger partial charge in [-0.1, -0.05) is 24.3 Å². The number of alkyl halides is 3. The molecule has 2 rings (SSSR count). The van der Waals surface area contributed by atoms with E-state index >= 15 is 0 Å². The van der Waals surface area contributed by atoms with Gasteiger partial charge in [0.25, 0.3) is 0 Å². The van der Waals surface area contributed by atoms with Crippen LogP contribution in [0.2, 0.25) is 0 Å². The summed E-state index contributed by atoms with van der Waals surface area (Å²) in [7, 11) is 1.53. The second-order valence-electron chi connectivity index (χ2n) is 4.13. The van der Waals surface area contributed by atoms with Crippen molar-refractivity contribution < 1.29 is 27.8 Å². The molecule has 1 aromatic heterocycles. The standard InChI is InChI=1S/C13H10F3NO3S/c1-20-6-7-2-4-8(5-3-7)11-17-10(13(14,15)16)9(21-11)12(18)19/h2-5H,6H2,1H3,(H,18,19). The lowest BCUT2D eigenvalue weighted by molar-refractivity contribution is -0.141. The first-order valence-electron chi connectivity index (χ1n) is 5.72. The number of ether oxygens (including phenoxy) is 1. The Bertz CT molecular complexity index is 650. The van der Waals surface area contributed by atoms with Crippen LogP contribution in [-0.2, 0) is 17.5 Å². The molecule has 0 saturated heterocycles. The van der Waals surface area contributed by atoms with Crippen molar-refractivity contribution in [2.24, 2.45) is 0 Å². The lowest BCUT2D eigenvalue weighted by Gasteiger charge is -2.03. The van der Waals surface area contributed by atoms with Gasteiger partial charge < -0.3 is 9.84 Å². The highest BCUT2D eigenvalue weighted by atomic mass is 32.1. The van der Waals surface area contributed by atoms with E-state index in [1.807, 2.05) is 0 Å². The number of hydrogen-bond acceptors (Lipinski definition) is 4. The molecule has 0 aliphatic heterocycles. The van der Waals surface area contributed by atoms with Crippen molar-refractivity contribution in [2.75, 3.05) is 7.11 Å². The highest BCUT2D eigenvalue weighted by Crippen LogP contribution is 2.37. The number of nitrogens with zero attached hydrogens (tertiary/aromatic N) is 1. The number of rotatable bonds is 4. The Morgan fingerprint density at radius 3 is 2.38 bits per heavy atom. The molecule has 0 spiro atoms. The number of methoxy groups -OCH3 is 1. The molecule has 1 heterocycles. The number of carboxylic acid groups (broad SMARTS) is 1. The van der Waals surface area contributed by atoms with Crippen molar-refractivity contribution in [3.8, 4) is 10.6 Å². The van der Waals surface area contributed by atoms with Gasteiger partial charge in [-0.25, -0.2) is 9.78 Å². The lowest BCUT2D eigenvalue weighted by atomic mass is 10.1. The Kier molecular flexibility index (Phi) is 4.29. The van der Waals surface area contributed by atoms with Crippen LogP contribution in [0.25, 0.3) is 10.6 Å². The van der Waals surface area contributed by atoms with E-state index in [1.54, 1.807) is 24.3 Å². The Hall–Kier alpha value is -1.93. The zero-order chi connectivity index (χ0) is 15.6. The van der Waals surface area contributed by atoms with Crippen molar-refractivity contribution in [1.29, 1.82) is 0 Å². The molecule has 0 saturated carbocycles. The SMILES string of the molecule is COCc1ccc(-c2nc(C(F)(F)F)c(C(=O)O)s2)cc1. The van der Waals surface area contributed by atoms with Crippen LogP contribution in [0.3, 0.4) is 0 Å². The maximum atomic E-state index is 12.8. The molecule has 1 aromatic carbocycles. The minimum atomic E-state index is -4.79. The van der Waals surface area contributed by atoms with E-state index in [2.05, 4.69) is 4.98 Å². The summed E-state index contributed by atoms with van der Waals surface area (Å²) in [5.41, 5.74) is -0.0823. The number of aromatic nitrogens is 1. The summed E-state index contributed by atoms with van der Waals surface area (Å²) in [4.78, 5) is 13.5. The third-order valence-corrected chi connectivity index (χ3v) is 3.69. The number of carboxylic acids is 1. The number of carbonyl (C=O) groups is 1. The predicted molar refractivity (Wildman–Crippen MR) is 70.2 cm³/mol. The van der Waals surface area contributed by atoms with Gasteiger partial charge in [-0.15, -0.1) is 11.3 Å². The normalized spacial score (nSPS) is 11.6. The van der Waals surface area contributed by atoms with Crippen molar-refractivity contribution in [3.05, 3.63) is 40.4 Å². The highest BCUT2D eigenvalue weighted by molar-refractivity contribution is 7.17. The Labute approximate surface area is 121 Å². The van der Waals surface area contributed by atoms with Crippen LogP contribution >= 0.6 is 11.3 Å². The van der Waals surface area contributed by atoms with Crippen LogP contribution in [0.15, 0.2) is 24.3 Å². The third-order valence-electron chi connectivity index (χ3n) is 2.60. The van der Waals surface area contributed by atoms with E-state index < -0.39 is 22.7 Å². The number of aromatic carboxylic acids is 1. The van der Waals surface area contributed by atoms with Gasteiger partial charge >= 0.3 is 12.1 Å². The smallest absolute Gasteiger partial charge is 0.435 e. The second kappa shape index (κ2) is 5.82. The molecule has 21 heavy (non-hydrogen) atoms. The molecule has 0 unspecified atom stereocenters. The molecule has 0 amide bonds. The number of benzene rings is 1. The van der Waals surface area contributed by atoms with Gasteiger partial charge in [-0.05, 0) is 5.56 Å². The van der Waals surface area contributed by atoms with Gasteiger partial charge in [0, 0.05) is 12.7 Å². The van der Waals surface area contributed by atoms with Crippen molar-refractivity contribution in [1.82, 2.24) is 4.98 Å². The predicted octanol–water partition coefficient (Wildman–Crippen LogP) is 3.67. The molecule has 112 valence electrons.